The lowest BCUT2D eigenvalue weighted by Crippen LogP contribution is -2.47. The van der Waals surface area contributed by atoms with Gasteiger partial charge in [0.2, 0.25) is 0 Å². The lowest BCUT2D eigenvalue weighted by Gasteiger charge is -2.34. The first-order chi connectivity index (χ1) is 11.9. The van der Waals surface area contributed by atoms with E-state index in [4.69, 9.17) is 32.7 Å². The summed E-state index contributed by atoms with van der Waals surface area (Å²) in [4.78, 5) is 26.5. The number of halogens is 2. The molecule has 0 radical (unpaired) electrons. The summed E-state index contributed by atoms with van der Waals surface area (Å²) >= 11 is 12.0. The molecule has 1 atom stereocenters. The van der Waals surface area contributed by atoms with Crippen molar-refractivity contribution in [2.45, 2.75) is 19.9 Å². The molecule has 1 aliphatic rings. The van der Waals surface area contributed by atoms with Gasteiger partial charge in [0.05, 0.1) is 28.3 Å². The van der Waals surface area contributed by atoms with Crippen molar-refractivity contribution in [1.82, 2.24) is 10.2 Å². The summed E-state index contributed by atoms with van der Waals surface area (Å²) in [6.07, 6.45) is 0. The van der Waals surface area contributed by atoms with E-state index in [0.29, 0.717) is 40.0 Å². The fraction of sp³-hybridized carbons (Fsp3) is 0.412. The fourth-order valence-corrected chi connectivity index (χ4v) is 2.97. The van der Waals surface area contributed by atoms with E-state index in [9.17, 15) is 9.59 Å². The lowest BCUT2D eigenvalue weighted by atomic mass is 9.95. The Labute approximate surface area is 156 Å². The van der Waals surface area contributed by atoms with Gasteiger partial charge in [0, 0.05) is 19.4 Å². The first-order valence-electron chi connectivity index (χ1n) is 7.80. The maximum Gasteiger partial charge on any atom is 0.338 e. The molecular formula is C17H20Cl2N2O4. The Hall–Kier alpha value is -1.76. The standard InChI is InChI=1S/C17H20Cl2N2O4/c1-4-21-10(2)14(16(22)25-8-7-24-3)15(20-17(21)23)11-5-6-12(18)13(19)9-11/h5-6,9,15H,4,7-8H2,1-3H3,(H,20,23). The van der Waals surface area contributed by atoms with Crippen LogP contribution in [0.2, 0.25) is 10.0 Å². The Bertz CT molecular complexity index is 706. The largest absolute Gasteiger partial charge is 0.460 e. The predicted octanol–water partition coefficient (Wildman–Crippen LogP) is 3.54. The molecule has 0 fully saturated rings. The molecule has 136 valence electrons. The zero-order chi connectivity index (χ0) is 18.6. The van der Waals surface area contributed by atoms with E-state index in [2.05, 4.69) is 5.32 Å². The quantitative estimate of drug-likeness (QED) is 0.599. The van der Waals surface area contributed by atoms with E-state index in [1.807, 2.05) is 6.92 Å². The fourth-order valence-electron chi connectivity index (χ4n) is 2.66. The van der Waals surface area contributed by atoms with Crippen molar-refractivity contribution in [3.05, 3.63) is 45.1 Å². The van der Waals surface area contributed by atoms with Crippen LogP contribution in [0, 0.1) is 0 Å². The number of carbonyl (C=O) groups excluding carboxylic acids is 2. The van der Waals surface area contributed by atoms with Crippen molar-refractivity contribution in [2.24, 2.45) is 0 Å². The third kappa shape index (κ3) is 4.26. The number of allylic oxidation sites excluding steroid dienone is 1. The molecule has 0 saturated heterocycles. The van der Waals surface area contributed by atoms with Crippen molar-refractivity contribution < 1.29 is 19.1 Å². The average molecular weight is 387 g/mol. The molecule has 8 heteroatoms. The van der Waals surface area contributed by atoms with Gasteiger partial charge in [-0.25, -0.2) is 9.59 Å². The Kier molecular flexibility index (Phi) is 6.70. The van der Waals surface area contributed by atoms with Gasteiger partial charge in [-0.2, -0.15) is 0 Å². The second-order valence-corrected chi connectivity index (χ2v) is 6.24. The van der Waals surface area contributed by atoms with Gasteiger partial charge < -0.3 is 14.8 Å². The molecular weight excluding hydrogens is 367 g/mol. The molecule has 1 aliphatic heterocycles. The molecule has 1 unspecified atom stereocenters. The van der Waals surface area contributed by atoms with Crippen LogP contribution in [0.5, 0.6) is 0 Å². The van der Waals surface area contributed by atoms with E-state index in [-0.39, 0.29) is 12.6 Å². The van der Waals surface area contributed by atoms with Gasteiger partial charge >= 0.3 is 12.0 Å². The molecule has 0 aromatic heterocycles. The third-order valence-electron chi connectivity index (χ3n) is 3.93. The lowest BCUT2D eigenvalue weighted by molar-refractivity contribution is -0.140. The number of methoxy groups -OCH3 is 1. The summed E-state index contributed by atoms with van der Waals surface area (Å²) < 4.78 is 10.2. The summed E-state index contributed by atoms with van der Waals surface area (Å²) in [6, 6.07) is 4.02. The van der Waals surface area contributed by atoms with Crippen LogP contribution in [-0.2, 0) is 14.3 Å². The van der Waals surface area contributed by atoms with Crippen LogP contribution in [0.25, 0.3) is 0 Å². The smallest absolute Gasteiger partial charge is 0.338 e. The monoisotopic (exact) mass is 386 g/mol. The van der Waals surface area contributed by atoms with Crippen LogP contribution in [0.3, 0.4) is 0 Å². The van der Waals surface area contributed by atoms with Crippen LogP contribution < -0.4 is 5.32 Å². The highest BCUT2D eigenvalue weighted by Gasteiger charge is 2.36. The predicted molar refractivity (Wildman–Crippen MR) is 95.6 cm³/mol. The third-order valence-corrected chi connectivity index (χ3v) is 4.67. The molecule has 0 bridgehead atoms. The van der Waals surface area contributed by atoms with Crippen molar-refractivity contribution in [3.63, 3.8) is 0 Å². The number of amides is 2. The molecule has 1 N–H and O–H groups in total. The van der Waals surface area contributed by atoms with Gasteiger partial charge in [0.1, 0.15) is 6.61 Å². The SMILES string of the molecule is CCN1C(=O)NC(c2ccc(Cl)c(Cl)c2)C(C(=O)OCCOC)=C1C. The van der Waals surface area contributed by atoms with Gasteiger partial charge in [0.15, 0.2) is 0 Å². The van der Waals surface area contributed by atoms with Crippen molar-refractivity contribution in [2.75, 3.05) is 26.9 Å². The number of nitrogens with zero attached hydrogens (tertiary/aromatic N) is 1. The number of ether oxygens (including phenoxy) is 2. The molecule has 1 aromatic rings. The molecule has 0 spiro atoms. The first kappa shape index (κ1) is 19.6. The zero-order valence-electron chi connectivity index (χ0n) is 14.3. The summed E-state index contributed by atoms with van der Waals surface area (Å²) in [7, 11) is 1.52. The van der Waals surface area contributed by atoms with E-state index in [0.717, 1.165) is 0 Å². The van der Waals surface area contributed by atoms with Gasteiger partial charge in [-0.15, -0.1) is 0 Å². The summed E-state index contributed by atoms with van der Waals surface area (Å²) in [6.45, 7) is 4.40. The minimum Gasteiger partial charge on any atom is -0.460 e. The van der Waals surface area contributed by atoms with Crippen LogP contribution >= 0.6 is 23.2 Å². The number of nitrogens with one attached hydrogen (secondary N) is 1. The van der Waals surface area contributed by atoms with E-state index in [1.165, 1.54) is 12.0 Å². The maximum absolute atomic E-state index is 12.6. The second-order valence-electron chi connectivity index (χ2n) is 5.43. The van der Waals surface area contributed by atoms with E-state index in [1.54, 1.807) is 25.1 Å². The minimum absolute atomic E-state index is 0.125. The van der Waals surface area contributed by atoms with Crippen LogP contribution in [0.4, 0.5) is 4.79 Å². The second kappa shape index (κ2) is 8.56. The topological polar surface area (TPSA) is 67.9 Å². The molecule has 0 aliphatic carbocycles. The number of esters is 1. The summed E-state index contributed by atoms with van der Waals surface area (Å²) in [5.74, 6) is -0.510. The average Bonchev–Trinajstić information content (AvgIpc) is 2.57. The molecule has 0 saturated carbocycles. The summed E-state index contributed by atoms with van der Waals surface area (Å²) in [5.41, 5.74) is 1.55. The number of hydrogen-bond acceptors (Lipinski definition) is 4. The molecule has 2 rings (SSSR count). The normalized spacial score (nSPS) is 17.6. The number of rotatable bonds is 6. The van der Waals surface area contributed by atoms with Crippen LogP contribution in [0.1, 0.15) is 25.5 Å². The molecule has 1 aromatic carbocycles. The van der Waals surface area contributed by atoms with Gasteiger partial charge in [-0.05, 0) is 31.5 Å². The highest BCUT2D eigenvalue weighted by molar-refractivity contribution is 6.42. The van der Waals surface area contributed by atoms with Crippen LogP contribution in [0.15, 0.2) is 29.5 Å². The van der Waals surface area contributed by atoms with E-state index < -0.39 is 12.0 Å². The Morgan fingerprint density at radius 3 is 2.60 bits per heavy atom. The summed E-state index contributed by atoms with van der Waals surface area (Å²) in [5, 5.41) is 3.57. The highest BCUT2D eigenvalue weighted by Crippen LogP contribution is 2.34. The highest BCUT2D eigenvalue weighted by atomic mass is 35.5. The van der Waals surface area contributed by atoms with Crippen molar-refractivity contribution in [3.8, 4) is 0 Å². The van der Waals surface area contributed by atoms with Crippen molar-refractivity contribution in [1.29, 1.82) is 0 Å². The number of hydrogen-bond donors (Lipinski definition) is 1. The Morgan fingerprint density at radius 2 is 2.00 bits per heavy atom. The van der Waals surface area contributed by atoms with Crippen LogP contribution in [-0.4, -0.2) is 43.8 Å². The Morgan fingerprint density at radius 1 is 1.28 bits per heavy atom. The minimum atomic E-state index is -0.667. The van der Waals surface area contributed by atoms with Gasteiger partial charge in [-0.3, -0.25) is 4.90 Å². The number of urea groups is 1. The Balaban J connectivity index is 2.44. The zero-order valence-corrected chi connectivity index (χ0v) is 15.8. The van der Waals surface area contributed by atoms with Gasteiger partial charge in [-0.1, -0.05) is 29.3 Å². The number of carbonyl (C=O) groups is 2. The molecule has 25 heavy (non-hydrogen) atoms. The first-order valence-corrected chi connectivity index (χ1v) is 8.56. The molecule has 2 amide bonds. The van der Waals surface area contributed by atoms with Gasteiger partial charge in [0.25, 0.3) is 0 Å². The molecule has 6 nitrogen and oxygen atoms in total. The molecule has 1 heterocycles. The van der Waals surface area contributed by atoms with Crippen molar-refractivity contribution >= 4 is 35.2 Å². The van der Waals surface area contributed by atoms with E-state index >= 15 is 0 Å². The number of benzene rings is 1. The maximum atomic E-state index is 12.6.